The van der Waals surface area contributed by atoms with E-state index in [0.717, 1.165) is 12.8 Å². The lowest BCUT2D eigenvalue weighted by Gasteiger charge is -2.22. The Morgan fingerprint density at radius 3 is 2.78 bits per heavy atom. The molecule has 1 aromatic carbocycles. The van der Waals surface area contributed by atoms with E-state index in [1.807, 2.05) is 0 Å². The minimum atomic E-state index is -0.533. The van der Waals surface area contributed by atoms with Crippen LogP contribution in [0.2, 0.25) is 0 Å². The lowest BCUT2D eigenvalue weighted by atomic mass is 10.1. The molecule has 1 amide bonds. The third-order valence-electron chi connectivity index (χ3n) is 4.29. The van der Waals surface area contributed by atoms with Gasteiger partial charge in [-0.05, 0) is 18.6 Å². The lowest BCUT2D eigenvalue weighted by Crippen LogP contribution is -2.28. The largest absolute Gasteiger partial charge is 0.377 e. The number of nitrogens with one attached hydrogen (secondary N) is 2. The summed E-state index contributed by atoms with van der Waals surface area (Å²) in [5, 5.41) is 16.9. The van der Waals surface area contributed by atoms with Gasteiger partial charge >= 0.3 is 0 Å². The van der Waals surface area contributed by atoms with Crippen LogP contribution in [0.1, 0.15) is 29.6 Å². The average Bonchev–Trinajstić information content (AvgIpc) is 3.17. The van der Waals surface area contributed by atoms with E-state index in [2.05, 4.69) is 10.6 Å². The molecule has 8 heteroatoms. The lowest BCUT2D eigenvalue weighted by molar-refractivity contribution is -0.384. The summed E-state index contributed by atoms with van der Waals surface area (Å²) in [7, 11) is 1.49. The van der Waals surface area contributed by atoms with Crippen LogP contribution in [0.25, 0.3) is 0 Å². The smallest absolute Gasteiger partial charge is 0.293 e. The van der Waals surface area contributed by atoms with Gasteiger partial charge in [0.05, 0.1) is 18.1 Å². The van der Waals surface area contributed by atoms with Crippen molar-refractivity contribution in [2.24, 2.45) is 0 Å². The number of carbonyl (C=O) groups excluding carboxylic acids is 1. The number of hydrogen-bond acceptors (Lipinski definition) is 6. The molecule has 2 N–H and O–H groups in total. The van der Waals surface area contributed by atoms with Crippen molar-refractivity contribution >= 4 is 17.3 Å². The number of amides is 1. The molecule has 0 bridgehead atoms. The second-order valence-corrected chi connectivity index (χ2v) is 5.76. The molecule has 2 aliphatic rings. The van der Waals surface area contributed by atoms with Crippen molar-refractivity contribution in [2.75, 3.05) is 25.6 Å². The minimum absolute atomic E-state index is 0.0395. The number of anilines is 1. The normalized spacial score (nSPS) is 22.2. The second kappa shape index (κ2) is 6.13. The van der Waals surface area contributed by atoms with Crippen molar-refractivity contribution in [3.63, 3.8) is 0 Å². The highest BCUT2D eigenvalue weighted by Gasteiger charge is 2.44. The first-order valence-electron chi connectivity index (χ1n) is 7.58. The molecule has 1 aromatic rings. The van der Waals surface area contributed by atoms with Crippen molar-refractivity contribution in [1.29, 1.82) is 0 Å². The number of carbonyl (C=O) groups is 1. The monoisotopic (exact) mass is 321 g/mol. The zero-order valence-electron chi connectivity index (χ0n) is 12.8. The van der Waals surface area contributed by atoms with Gasteiger partial charge in [-0.1, -0.05) is 0 Å². The molecule has 0 aromatic heterocycles. The summed E-state index contributed by atoms with van der Waals surface area (Å²) in [6.45, 7) is 1.18. The van der Waals surface area contributed by atoms with Gasteiger partial charge in [-0.2, -0.15) is 0 Å². The fourth-order valence-corrected chi connectivity index (χ4v) is 3.17. The van der Waals surface area contributed by atoms with Crippen LogP contribution in [0, 0.1) is 10.1 Å². The number of hydrogen-bond donors (Lipinski definition) is 2. The zero-order valence-corrected chi connectivity index (χ0v) is 12.8. The second-order valence-electron chi connectivity index (χ2n) is 5.76. The molecule has 1 saturated carbocycles. The van der Waals surface area contributed by atoms with Gasteiger partial charge in [-0.3, -0.25) is 14.9 Å². The van der Waals surface area contributed by atoms with Crippen LogP contribution >= 0.6 is 0 Å². The average molecular weight is 321 g/mol. The van der Waals surface area contributed by atoms with Crippen LogP contribution in [0.5, 0.6) is 0 Å². The zero-order chi connectivity index (χ0) is 16.4. The summed E-state index contributed by atoms with van der Waals surface area (Å²) in [4.78, 5) is 22.4. The molecular formula is C15H19N3O5. The van der Waals surface area contributed by atoms with Crippen LogP contribution in [-0.4, -0.2) is 42.9 Å². The molecule has 124 valence electrons. The molecule has 23 heavy (non-hydrogen) atoms. The first-order chi connectivity index (χ1) is 11.0. The number of rotatable bonds is 4. The fourth-order valence-electron chi connectivity index (χ4n) is 3.17. The summed E-state index contributed by atoms with van der Waals surface area (Å²) in [6, 6.07) is 4.47. The van der Waals surface area contributed by atoms with E-state index < -0.39 is 10.7 Å². The Kier molecular flexibility index (Phi) is 4.18. The van der Waals surface area contributed by atoms with Crippen molar-refractivity contribution < 1.29 is 19.2 Å². The maximum atomic E-state index is 11.6. The Morgan fingerprint density at radius 2 is 2.13 bits per heavy atom. The third-order valence-corrected chi connectivity index (χ3v) is 4.29. The van der Waals surface area contributed by atoms with Gasteiger partial charge in [0.25, 0.3) is 11.6 Å². The minimum Gasteiger partial charge on any atom is -0.377 e. The molecule has 0 radical (unpaired) electrons. The Morgan fingerprint density at radius 1 is 1.39 bits per heavy atom. The molecule has 3 rings (SSSR count). The SMILES string of the molecule is CNC(=O)c1ccc(NC2CCC3(C2)OCCO3)c([N+](=O)[O-])c1. The van der Waals surface area contributed by atoms with Gasteiger partial charge in [0.2, 0.25) is 0 Å². The van der Waals surface area contributed by atoms with E-state index in [4.69, 9.17) is 9.47 Å². The Hall–Kier alpha value is -2.19. The molecule has 1 atom stereocenters. The van der Waals surface area contributed by atoms with E-state index in [1.54, 1.807) is 12.1 Å². The number of nitrogens with zero attached hydrogens (tertiary/aromatic N) is 1. The Labute approximate surface area is 133 Å². The topological polar surface area (TPSA) is 103 Å². The fraction of sp³-hybridized carbons (Fsp3) is 0.533. The molecular weight excluding hydrogens is 302 g/mol. The predicted octanol–water partition coefficient (Wildman–Crippen LogP) is 1.66. The van der Waals surface area contributed by atoms with Crippen LogP contribution in [0.4, 0.5) is 11.4 Å². The maximum absolute atomic E-state index is 11.6. The number of ether oxygens (including phenoxy) is 2. The third kappa shape index (κ3) is 3.13. The van der Waals surface area contributed by atoms with Gasteiger partial charge in [-0.15, -0.1) is 0 Å². The van der Waals surface area contributed by atoms with Gasteiger partial charge in [0, 0.05) is 37.6 Å². The Bertz CT molecular complexity index is 628. The van der Waals surface area contributed by atoms with Gasteiger partial charge < -0.3 is 20.1 Å². The summed E-state index contributed by atoms with van der Waals surface area (Å²) < 4.78 is 11.3. The highest BCUT2D eigenvalue weighted by Crippen LogP contribution is 2.39. The van der Waals surface area contributed by atoms with E-state index >= 15 is 0 Å². The van der Waals surface area contributed by atoms with Crippen LogP contribution in [0.15, 0.2) is 18.2 Å². The van der Waals surface area contributed by atoms with E-state index in [-0.39, 0.29) is 23.2 Å². The maximum Gasteiger partial charge on any atom is 0.293 e. The summed E-state index contributed by atoms with van der Waals surface area (Å²) in [5.74, 6) is -0.888. The van der Waals surface area contributed by atoms with Crippen molar-refractivity contribution in [1.82, 2.24) is 5.32 Å². The van der Waals surface area contributed by atoms with E-state index in [9.17, 15) is 14.9 Å². The molecule has 2 fully saturated rings. The molecule has 1 saturated heterocycles. The number of nitro groups is 1. The molecule has 8 nitrogen and oxygen atoms in total. The standard InChI is InChI=1S/C15H19N3O5/c1-16-14(19)10-2-3-12(13(8-10)18(20)21)17-11-4-5-15(9-11)22-6-7-23-15/h2-3,8,11,17H,4-7,9H2,1H3,(H,16,19). The first kappa shape index (κ1) is 15.7. The Balaban J connectivity index is 1.77. The van der Waals surface area contributed by atoms with Crippen molar-refractivity contribution in [3.05, 3.63) is 33.9 Å². The van der Waals surface area contributed by atoms with Crippen LogP contribution < -0.4 is 10.6 Å². The highest BCUT2D eigenvalue weighted by atomic mass is 16.7. The van der Waals surface area contributed by atoms with Crippen LogP contribution in [0.3, 0.4) is 0 Å². The van der Waals surface area contributed by atoms with Crippen molar-refractivity contribution in [2.45, 2.75) is 31.1 Å². The molecule has 1 heterocycles. The number of benzene rings is 1. The molecule has 1 spiro atoms. The van der Waals surface area contributed by atoms with E-state index in [0.29, 0.717) is 25.3 Å². The molecule has 1 unspecified atom stereocenters. The van der Waals surface area contributed by atoms with Crippen LogP contribution in [-0.2, 0) is 9.47 Å². The highest BCUT2D eigenvalue weighted by molar-refractivity contribution is 5.95. The summed E-state index contributed by atoms with van der Waals surface area (Å²) in [5.41, 5.74) is 0.554. The predicted molar refractivity (Wildman–Crippen MR) is 82.4 cm³/mol. The number of nitro benzene ring substituents is 1. The summed E-state index contributed by atoms with van der Waals surface area (Å²) >= 11 is 0. The van der Waals surface area contributed by atoms with Crippen molar-refractivity contribution in [3.8, 4) is 0 Å². The first-order valence-corrected chi connectivity index (χ1v) is 7.58. The summed E-state index contributed by atoms with van der Waals surface area (Å²) in [6.07, 6.45) is 2.24. The van der Waals surface area contributed by atoms with Gasteiger partial charge in [0.15, 0.2) is 5.79 Å². The van der Waals surface area contributed by atoms with E-state index in [1.165, 1.54) is 13.1 Å². The van der Waals surface area contributed by atoms with Gasteiger partial charge in [0.1, 0.15) is 5.69 Å². The molecule has 1 aliphatic carbocycles. The molecule has 1 aliphatic heterocycles. The quantitative estimate of drug-likeness (QED) is 0.646. The van der Waals surface area contributed by atoms with Gasteiger partial charge in [-0.25, -0.2) is 0 Å².